The van der Waals surface area contributed by atoms with Gasteiger partial charge in [0.05, 0.1) is 0 Å². The molecule has 1 aliphatic heterocycles. The second kappa shape index (κ2) is 11.0. The fraction of sp³-hybridized carbons (Fsp3) is 0.0417. The molecule has 3 heterocycles. The van der Waals surface area contributed by atoms with Crippen molar-refractivity contribution in [1.82, 2.24) is 0 Å². The van der Waals surface area contributed by atoms with Crippen molar-refractivity contribution in [2.75, 3.05) is 4.90 Å². The second-order valence-electron chi connectivity index (χ2n) is 14.5. The maximum absolute atomic E-state index is 6.38. The van der Waals surface area contributed by atoms with E-state index in [4.69, 9.17) is 4.42 Å². The zero-order valence-electron chi connectivity index (χ0n) is 28.9. The highest BCUT2D eigenvalue weighted by Gasteiger charge is 2.39. The minimum atomic E-state index is -2.06. The lowest BCUT2D eigenvalue weighted by Gasteiger charge is -2.28. The molecule has 0 atom stereocenters. The lowest BCUT2D eigenvalue weighted by atomic mass is 9.98. The van der Waals surface area contributed by atoms with E-state index in [2.05, 4.69) is 182 Å². The van der Waals surface area contributed by atoms with Crippen LogP contribution in [0.15, 0.2) is 168 Å². The van der Waals surface area contributed by atoms with Crippen LogP contribution in [0.5, 0.6) is 0 Å². The molecule has 4 heteroatoms. The molecule has 0 fully saturated rings. The Labute approximate surface area is 306 Å². The number of hydrogen-bond donors (Lipinski definition) is 0. The van der Waals surface area contributed by atoms with Gasteiger partial charge in [0.2, 0.25) is 0 Å². The van der Waals surface area contributed by atoms with Crippen molar-refractivity contribution < 1.29 is 4.42 Å². The SMILES string of the molecule is C[Si]1(C)c2cc(N(c3cccc(-c4ccc5ccccc5c4)c3)c3ccc4sc5ccccc5c4c3)ccc2-c2c1ccc1oc3ccccc3c21. The average Bonchev–Trinajstić information content (AvgIpc) is 3.82. The largest absolute Gasteiger partial charge is 0.456 e. The topological polar surface area (TPSA) is 16.4 Å². The van der Waals surface area contributed by atoms with Gasteiger partial charge >= 0.3 is 0 Å². The van der Waals surface area contributed by atoms with E-state index in [1.807, 2.05) is 11.3 Å². The quantitative estimate of drug-likeness (QED) is 0.170. The molecule has 0 radical (unpaired) electrons. The monoisotopic (exact) mass is 699 g/mol. The Hall–Kier alpha value is -5.94. The molecule has 1 aliphatic rings. The molecule has 0 aliphatic carbocycles. The third-order valence-corrected chi connectivity index (χ3v) is 15.9. The number of furan rings is 1. The Bertz CT molecular complexity index is 3080. The van der Waals surface area contributed by atoms with Gasteiger partial charge < -0.3 is 9.32 Å². The summed E-state index contributed by atoms with van der Waals surface area (Å²) in [6.45, 7) is 5.01. The second-order valence-corrected chi connectivity index (χ2v) is 20.0. The normalized spacial score (nSPS) is 13.3. The highest BCUT2D eigenvalue weighted by molar-refractivity contribution is 7.25. The molecule has 8 aromatic carbocycles. The lowest BCUT2D eigenvalue weighted by molar-refractivity contribution is 0.669. The van der Waals surface area contributed by atoms with Crippen LogP contribution < -0.4 is 15.3 Å². The number of thiophene rings is 1. The van der Waals surface area contributed by atoms with E-state index in [0.29, 0.717) is 0 Å². The first-order valence-corrected chi connectivity index (χ1v) is 21.7. The van der Waals surface area contributed by atoms with Crippen LogP contribution in [0, 0.1) is 0 Å². The van der Waals surface area contributed by atoms with Crippen molar-refractivity contribution >= 4 is 99.7 Å². The van der Waals surface area contributed by atoms with Crippen LogP contribution in [0.1, 0.15) is 0 Å². The van der Waals surface area contributed by atoms with Crippen molar-refractivity contribution in [3.8, 4) is 22.3 Å². The van der Waals surface area contributed by atoms with Crippen molar-refractivity contribution in [3.63, 3.8) is 0 Å². The summed E-state index contributed by atoms with van der Waals surface area (Å²) in [7, 11) is -2.06. The maximum Gasteiger partial charge on any atom is 0.136 e. The first-order chi connectivity index (χ1) is 25.5. The van der Waals surface area contributed by atoms with Gasteiger partial charge in [0.15, 0.2) is 0 Å². The van der Waals surface area contributed by atoms with Gasteiger partial charge in [-0.25, -0.2) is 0 Å². The third kappa shape index (κ3) is 4.35. The number of para-hydroxylation sites is 1. The first kappa shape index (κ1) is 29.8. The van der Waals surface area contributed by atoms with Gasteiger partial charge in [-0.15, -0.1) is 11.3 Å². The zero-order chi connectivity index (χ0) is 34.6. The molecule has 2 nitrogen and oxygen atoms in total. The molecule has 0 amide bonds. The molecule has 0 spiro atoms. The van der Waals surface area contributed by atoms with Crippen LogP contribution in [-0.4, -0.2) is 8.07 Å². The molecule has 2 aromatic heterocycles. The van der Waals surface area contributed by atoms with Crippen LogP contribution in [0.4, 0.5) is 17.1 Å². The van der Waals surface area contributed by atoms with Crippen molar-refractivity contribution in [1.29, 1.82) is 0 Å². The Kier molecular flexibility index (Phi) is 6.31. The summed E-state index contributed by atoms with van der Waals surface area (Å²) in [5.74, 6) is 0. The fourth-order valence-corrected chi connectivity index (χ4v) is 12.8. The summed E-state index contributed by atoms with van der Waals surface area (Å²) in [4.78, 5) is 2.47. The Morgan fingerprint density at radius 2 is 1.21 bits per heavy atom. The van der Waals surface area contributed by atoms with E-state index in [1.165, 1.54) is 80.0 Å². The number of fused-ring (bicyclic) bond motifs is 11. The summed E-state index contributed by atoms with van der Waals surface area (Å²) < 4.78 is 9.01. The lowest BCUT2D eigenvalue weighted by Crippen LogP contribution is -2.49. The minimum Gasteiger partial charge on any atom is -0.456 e. The van der Waals surface area contributed by atoms with Gasteiger partial charge in [0.25, 0.3) is 0 Å². The molecule has 0 saturated carbocycles. The highest BCUT2D eigenvalue weighted by atomic mass is 32.1. The Balaban J connectivity index is 1.12. The van der Waals surface area contributed by atoms with E-state index in [-0.39, 0.29) is 0 Å². The Morgan fingerprint density at radius 1 is 0.481 bits per heavy atom. The van der Waals surface area contributed by atoms with Crippen LogP contribution in [0.25, 0.3) is 75.1 Å². The zero-order valence-corrected chi connectivity index (χ0v) is 30.7. The van der Waals surface area contributed by atoms with E-state index in [0.717, 1.165) is 22.5 Å². The standard InChI is InChI=1S/C48H33NOSSi/c1-52(2)45-25-23-42-47(38-15-5-7-16-41(38)50-42)48(45)39-22-20-36(29-46(39)52)49(35-21-24-44-40(28-35)37-14-6-8-17-43(37)51-44)34-13-9-12-32(27-34)33-19-18-30-10-3-4-11-31(30)26-33/h3-29H,1-2H3. The molecule has 10 aromatic rings. The summed E-state index contributed by atoms with van der Waals surface area (Å²) in [5.41, 5.74) is 10.5. The molecule has 0 bridgehead atoms. The van der Waals surface area contributed by atoms with Crippen LogP contribution in [-0.2, 0) is 0 Å². The molecule has 246 valence electrons. The van der Waals surface area contributed by atoms with Crippen LogP contribution in [0.2, 0.25) is 13.1 Å². The van der Waals surface area contributed by atoms with Gasteiger partial charge in [-0.1, -0.05) is 110 Å². The molecule has 52 heavy (non-hydrogen) atoms. The molecule has 0 saturated heterocycles. The van der Waals surface area contributed by atoms with E-state index in [1.54, 1.807) is 0 Å². The fourth-order valence-electron chi connectivity index (χ4n) is 8.66. The minimum absolute atomic E-state index is 0.948. The van der Waals surface area contributed by atoms with Crippen LogP contribution >= 0.6 is 11.3 Å². The third-order valence-electron chi connectivity index (χ3n) is 11.2. The van der Waals surface area contributed by atoms with E-state index in [9.17, 15) is 0 Å². The molecular weight excluding hydrogens is 667 g/mol. The highest BCUT2D eigenvalue weighted by Crippen LogP contribution is 2.44. The van der Waals surface area contributed by atoms with E-state index >= 15 is 0 Å². The average molecular weight is 700 g/mol. The van der Waals surface area contributed by atoms with Crippen LogP contribution in [0.3, 0.4) is 0 Å². The number of nitrogens with zero attached hydrogens (tertiary/aromatic N) is 1. The maximum atomic E-state index is 6.38. The molecule has 0 unspecified atom stereocenters. The van der Waals surface area contributed by atoms with Gasteiger partial charge in [0.1, 0.15) is 19.2 Å². The summed E-state index contributed by atoms with van der Waals surface area (Å²) in [5, 5.41) is 10.5. The first-order valence-electron chi connectivity index (χ1n) is 17.9. The number of hydrogen-bond acceptors (Lipinski definition) is 3. The molecule has 11 rings (SSSR count). The van der Waals surface area contributed by atoms with Gasteiger partial charge in [-0.05, 0) is 110 Å². The number of anilines is 3. The van der Waals surface area contributed by atoms with Gasteiger partial charge in [-0.3, -0.25) is 0 Å². The summed E-state index contributed by atoms with van der Waals surface area (Å²) in [6.07, 6.45) is 0. The number of benzene rings is 8. The van der Waals surface area contributed by atoms with E-state index < -0.39 is 8.07 Å². The van der Waals surface area contributed by atoms with Gasteiger partial charge in [-0.2, -0.15) is 0 Å². The van der Waals surface area contributed by atoms with Crippen molar-refractivity contribution in [2.45, 2.75) is 13.1 Å². The number of rotatable bonds is 4. The van der Waals surface area contributed by atoms with Crippen molar-refractivity contribution in [3.05, 3.63) is 164 Å². The predicted molar refractivity (Wildman–Crippen MR) is 226 cm³/mol. The van der Waals surface area contributed by atoms with Gasteiger partial charge in [0, 0.05) is 48.0 Å². The van der Waals surface area contributed by atoms with Crippen molar-refractivity contribution in [2.24, 2.45) is 0 Å². The molecule has 0 N–H and O–H groups in total. The predicted octanol–water partition coefficient (Wildman–Crippen LogP) is 13.0. The summed E-state index contributed by atoms with van der Waals surface area (Å²) >= 11 is 1.86. The summed E-state index contributed by atoms with van der Waals surface area (Å²) in [6, 6.07) is 60.4. The smallest absolute Gasteiger partial charge is 0.136 e. The molecular formula is C48H33NOSSi. The Morgan fingerprint density at radius 3 is 2.13 bits per heavy atom.